The van der Waals surface area contributed by atoms with Crippen molar-refractivity contribution < 1.29 is 13.2 Å². The molecule has 5 nitrogen and oxygen atoms in total. The van der Waals surface area contributed by atoms with Crippen molar-refractivity contribution in [2.45, 2.75) is 23.8 Å². The molecule has 1 aromatic carbocycles. The third kappa shape index (κ3) is 3.22. The zero-order chi connectivity index (χ0) is 13.0. The van der Waals surface area contributed by atoms with E-state index in [0.717, 1.165) is 19.4 Å². The lowest BCUT2D eigenvalue weighted by Crippen LogP contribution is -2.45. The first-order valence-corrected chi connectivity index (χ1v) is 7.47. The van der Waals surface area contributed by atoms with Crippen LogP contribution < -0.4 is 14.8 Å². The number of hydrogen-bond donors (Lipinski definition) is 2. The Kier molecular flexibility index (Phi) is 4.21. The first-order chi connectivity index (χ1) is 8.62. The van der Waals surface area contributed by atoms with E-state index in [4.69, 9.17) is 4.74 Å². The van der Waals surface area contributed by atoms with E-state index in [1.165, 1.54) is 13.2 Å². The highest BCUT2D eigenvalue weighted by atomic mass is 32.2. The maximum absolute atomic E-state index is 12.2. The van der Waals surface area contributed by atoms with Crippen LogP contribution in [0, 0.1) is 0 Å². The maximum Gasteiger partial charge on any atom is 0.240 e. The molecule has 1 aromatic rings. The lowest BCUT2D eigenvalue weighted by Gasteiger charge is -2.23. The molecule has 0 unspecified atom stereocenters. The quantitative estimate of drug-likeness (QED) is 0.846. The van der Waals surface area contributed by atoms with Crippen molar-refractivity contribution in [3.05, 3.63) is 24.3 Å². The Morgan fingerprint density at radius 3 is 2.94 bits per heavy atom. The molecule has 0 bridgehead atoms. The minimum absolute atomic E-state index is 0.0325. The van der Waals surface area contributed by atoms with E-state index in [9.17, 15) is 8.42 Å². The molecule has 1 saturated heterocycles. The zero-order valence-electron chi connectivity index (χ0n) is 10.3. The van der Waals surface area contributed by atoms with Crippen molar-refractivity contribution in [2.75, 3.05) is 20.2 Å². The van der Waals surface area contributed by atoms with Gasteiger partial charge in [-0.05, 0) is 31.5 Å². The van der Waals surface area contributed by atoms with Gasteiger partial charge in [-0.1, -0.05) is 6.07 Å². The summed E-state index contributed by atoms with van der Waals surface area (Å²) in [4.78, 5) is 0.243. The Hall–Kier alpha value is -1.11. The van der Waals surface area contributed by atoms with E-state index in [1.54, 1.807) is 18.2 Å². The molecule has 1 atom stereocenters. The molecule has 0 radical (unpaired) electrons. The summed E-state index contributed by atoms with van der Waals surface area (Å²) >= 11 is 0. The molecule has 1 heterocycles. The molecular weight excluding hydrogens is 252 g/mol. The number of methoxy groups -OCH3 is 1. The van der Waals surface area contributed by atoms with Crippen molar-refractivity contribution in [3.8, 4) is 5.75 Å². The number of piperidine rings is 1. The van der Waals surface area contributed by atoms with Crippen molar-refractivity contribution >= 4 is 10.0 Å². The Morgan fingerprint density at radius 2 is 2.28 bits per heavy atom. The number of benzene rings is 1. The number of nitrogens with one attached hydrogen (secondary N) is 2. The smallest absolute Gasteiger partial charge is 0.240 e. The fourth-order valence-electron chi connectivity index (χ4n) is 2.01. The minimum atomic E-state index is -3.46. The molecule has 0 aliphatic carbocycles. The Bertz CT molecular complexity index is 496. The standard InChI is InChI=1S/C12H18N2O3S/c1-17-11-5-2-6-12(8-11)18(15,16)14-10-4-3-7-13-9-10/h2,5-6,8,10,13-14H,3-4,7,9H2,1H3/t10-/m0/s1. The van der Waals surface area contributed by atoms with Gasteiger partial charge in [-0.25, -0.2) is 13.1 Å². The van der Waals surface area contributed by atoms with Gasteiger partial charge >= 0.3 is 0 Å². The Balaban J connectivity index is 2.13. The largest absolute Gasteiger partial charge is 0.497 e. The fourth-order valence-corrected chi connectivity index (χ4v) is 3.31. The average Bonchev–Trinajstić information content (AvgIpc) is 2.39. The topological polar surface area (TPSA) is 67.4 Å². The van der Waals surface area contributed by atoms with Crippen LogP contribution in [-0.4, -0.2) is 34.7 Å². The molecule has 1 fully saturated rings. The summed E-state index contributed by atoms with van der Waals surface area (Å²) in [5.74, 6) is 0.541. The zero-order valence-corrected chi connectivity index (χ0v) is 11.2. The van der Waals surface area contributed by atoms with Gasteiger partial charge in [-0.3, -0.25) is 0 Å². The molecule has 0 amide bonds. The molecule has 1 aliphatic rings. The van der Waals surface area contributed by atoms with Crippen LogP contribution in [0.1, 0.15) is 12.8 Å². The summed E-state index contributed by atoms with van der Waals surface area (Å²) in [5, 5.41) is 3.18. The first-order valence-electron chi connectivity index (χ1n) is 5.99. The SMILES string of the molecule is COc1cccc(S(=O)(=O)N[C@H]2CCCNC2)c1. The van der Waals surface area contributed by atoms with Crippen molar-refractivity contribution in [3.63, 3.8) is 0 Å². The van der Waals surface area contributed by atoms with Crippen LogP contribution in [-0.2, 0) is 10.0 Å². The molecule has 100 valence electrons. The molecule has 1 aliphatic heterocycles. The van der Waals surface area contributed by atoms with Gasteiger partial charge in [0.1, 0.15) is 5.75 Å². The van der Waals surface area contributed by atoms with Crippen LogP contribution in [0.15, 0.2) is 29.2 Å². The fraction of sp³-hybridized carbons (Fsp3) is 0.500. The van der Waals surface area contributed by atoms with E-state index in [0.29, 0.717) is 12.3 Å². The molecule has 2 N–H and O–H groups in total. The lowest BCUT2D eigenvalue weighted by molar-refractivity contribution is 0.412. The monoisotopic (exact) mass is 270 g/mol. The van der Waals surface area contributed by atoms with Crippen molar-refractivity contribution in [1.29, 1.82) is 0 Å². The van der Waals surface area contributed by atoms with Crippen LogP contribution >= 0.6 is 0 Å². The second-order valence-electron chi connectivity index (χ2n) is 4.34. The number of rotatable bonds is 4. The molecular formula is C12H18N2O3S. The van der Waals surface area contributed by atoms with E-state index in [1.807, 2.05) is 0 Å². The van der Waals surface area contributed by atoms with E-state index in [2.05, 4.69) is 10.0 Å². The van der Waals surface area contributed by atoms with Crippen LogP contribution in [0.5, 0.6) is 5.75 Å². The van der Waals surface area contributed by atoms with Gasteiger partial charge in [0, 0.05) is 18.7 Å². The molecule has 18 heavy (non-hydrogen) atoms. The van der Waals surface area contributed by atoms with Crippen molar-refractivity contribution in [1.82, 2.24) is 10.0 Å². The third-order valence-electron chi connectivity index (χ3n) is 2.97. The summed E-state index contributed by atoms with van der Waals surface area (Å²) in [6, 6.07) is 6.46. The van der Waals surface area contributed by atoms with Gasteiger partial charge in [-0.15, -0.1) is 0 Å². The van der Waals surface area contributed by atoms with Gasteiger partial charge in [-0.2, -0.15) is 0 Å². The highest BCUT2D eigenvalue weighted by Crippen LogP contribution is 2.17. The van der Waals surface area contributed by atoms with E-state index < -0.39 is 10.0 Å². The normalized spacial score (nSPS) is 20.6. The Labute approximate surface area is 108 Å². The second-order valence-corrected chi connectivity index (χ2v) is 6.06. The highest BCUT2D eigenvalue weighted by Gasteiger charge is 2.21. The van der Waals surface area contributed by atoms with Crippen LogP contribution in [0.2, 0.25) is 0 Å². The first kappa shape index (κ1) is 13.3. The number of sulfonamides is 1. The summed E-state index contributed by atoms with van der Waals surface area (Å²) in [7, 11) is -1.94. The van der Waals surface area contributed by atoms with Gasteiger partial charge in [0.2, 0.25) is 10.0 Å². The lowest BCUT2D eigenvalue weighted by atomic mass is 10.1. The summed E-state index contributed by atoms with van der Waals surface area (Å²) < 4.78 is 32.1. The maximum atomic E-state index is 12.2. The predicted molar refractivity (Wildman–Crippen MR) is 69.2 cm³/mol. The average molecular weight is 270 g/mol. The summed E-state index contributed by atoms with van der Waals surface area (Å²) in [6.07, 6.45) is 1.86. The van der Waals surface area contributed by atoms with Crippen LogP contribution in [0.25, 0.3) is 0 Å². The number of ether oxygens (including phenoxy) is 1. The van der Waals surface area contributed by atoms with Crippen LogP contribution in [0.3, 0.4) is 0 Å². The second kappa shape index (κ2) is 5.69. The number of hydrogen-bond acceptors (Lipinski definition) is 4. The van der Waals surface area contributed by atoms with Crippen LogP contribution in [0.4, 0.5) is 0 Å². The minimum Gasteiger partial charge on any atom is -0.497 e. The van der Waals surface area contributed by atoms with Gasteiger partial charge in [0.15, 0.2) is 0 Å². The molecule has 0 spiro atoms. The molecule has 0 aromatic heterocycles. The van der Waals surface area contributed by atoms with E-state index >= 15 is 0 Å². The Morgan fingerprint density at radius 1 is 1.44 bits per heavy atom. The highest BCUT2D eigenvalue weighted by molar-refractivity contribution is 7.89. The van der Waals surface area contributed by atoms with Gasteiger partial charge < -0.3 is 10.1 Å². The predicted octanol–water partition coefficient (Wildman–Crippen LogP) is 0.725. The third-order valence-corrected chi connectivity index (χ3v) is 4.49. The summed E-state index contributed by atoms with van der Waals surface area (Å²) in [6.45, 7) is 1.64. The molecule has 2 rings (SSSR count). The van der Waals surface area contributed by atoms with Crippen molar-refractivity contribution in [2.24, 2.45) is 0 Å². The van der Waals surface area contributed by atoms with Gasteiger partial charge in [0.25, 0.3) is 0 Å². The molecule has 6 heteroatoms. The molecule has 0 saturated carbocycles. The van der Waals surface area contributed by atoms with E-state index in [-0.39, 0.29) is 10.9 Å². The van der Waals surface area contributed by atoms with Gasteiger partial charge in [0.05, 0.1) is 12.0 Å². The summed E-state index contributed by atoms with van der Waals surface area (Å²) in [5.41, 5.74) is 0.